The second-order valence-electron chi connectivity index (χ2n) is 7.02. The molecule has 144 valence electrons. The molecule has 4 heteroatoms. The third kappa shape index (κ3) is 4.27. The van der Waals surface area contributed by atoms with Gasteiger partial charge < -0.3 is 9.84 Å². The molecule has 0 saturated heterocycles. The molecule has 0 spiro atoms. The lowest BCUT2D eigenvalue weighted by atomic mass is 10.0. The van der Waals surface area contributed by atoms with Gasteiger partial charge in [-0.2, -0.15) is 0 Å². The number of hydrogen-bond donors (Lipinski definition) is 1. The number of hydrogen-bond acceptors (Lipinski definition) is 3. The van der Waals surface area contributed by atoms with E-state index in [9.17, 15) is 14.7 Å². The SMILES string of the molecule is O=C(Cc1cccc2ccccc12)O[C@H](Cc1ccc2ccccc2c1)C(=O)O. The third-order valence-electron chi connectivity index (χ3n) is 5.00. The maximum atomic E-state index is 12.5. The zero-order valence-electron chi connectivity index (χ0n) is 15.7. The lowest BCUT2D eigenvalue weighted by Gasteiger charge is -2.15. The largest absolute Gasteiger partial charge is 0.478 e. The number of esters is 1. The quantitative estimate of drug-likeness (QED) is 0.486. The molecule has 1 atom stereocenters. The Bertz CT molecular complexity index is 1190. The maximum absolute atomic E-state index is 12.5. The summed E-state index contributed by atoms with van der Waals surface area (Å²) in [5.74, 6) is -1.70. The number of ether oxygens (including phenoxy) is 1. The fourth-order valence-electron chi connectivity index (χ4n) is 3.56. The summed E-state index contributed by atoms with van der Waals surface area (Å²) in [4.78, 5) is 24.2. The average molecular weight is 384 g/mol. The monoisotopic (exact) mass is 384 g/mol. The minimum absolute atomic E-state index is 0.0306. The van der Waals surface area contributed by atoms with Crippen molar-refractivity contribution in [1.82, 2.24) is 0 Å². The van der Waals surface area contributed by atoms with Gasteiger partial charge in [0, 0.05) is 6.42 Å². The molecule has 0 radical (unpaired) electrons. The van der Waals surface area contributed by atoms with Crippen LogP contribution >= 0.6 is 0 Å². The van der Waals surface area contributed by atoms with E-state index in [0.29, 0.717) is 0 Å². The smallest absolute Gasteiger partial charge is 0.345 e. The zero-order chi connectivity index (χ0) is 20.2. The Labute approximate surface area is 168 Å². The molecule has 0 fully saturated rings. The first-order valence-electron chi connectivity index (χ1n) is 9.47. The van der Waals surface area contributed by atoms with Crippen LogP contribution in [0.3, 0.4) is 0 Å². The molecule has 0 aliphatic rings. The number of carbonyl (C=O) groups excluding carboxylic acids is 1. The van der Waals surface area contributed by atoms with E-state index < -0.39 is 18.0 Å². The molecular weight excluding hydrogens is 364 g/mol. The first-order valence-corrected chi connectivity index (χ1v) is 9.47. The first kappa shape index (κ1) is 18.7. The number of carboxylic acid groups (broad SMARTS) is 1. The number of benzene rings is 4. The molecule has 0 heterocycles. The molecule has 0 amide bonds. The van der Waals surface area contributed by atoms with Gasteiger partial charge in [-0.1, -0.05) is 84.9 Å². The molecule has 4 rings (SSSR count). The molecular formula is C25H20O4. The highest BCUT2D eigenvalue weighted by atomic mass is 16.6. The normalized spacial score (nSPS) is 12.0. The Kier molecular flexibility index (Phi) is 5.25. The standard InChI is InChI=1S/C25H20O4/c26-24(16-21-10-5-9-19-7-3-4-11-22(19)21)29-23(25(27)28)15-17-12-13-18-6-1-2-8-20(18)14-17/h1-14,23H,15-16H2,(H,27,28)/t23-/m1/s1. The Hall–Kier alpha value is -3.66. The molecule has 0 aliphatic heterocycles. The summed E-state index contributed by atoms with van der Waals surface area (Å²) in [6, 6.07) is 27.1. The van der Waals surface area contributed by atoms with Crippen LogP contribution in [0.25, 0.3) is 21.5 Å². The van der Waals surface area contributed by atoms with Gasteiger partial charge in [-0.05, 0) is 32.7 Å². The van der Waals surface area contributed by atoms with Crippen molar-refractivity contribution < 1.29 is 19.4 Å². The summed E-state index contributed by atoms with van der Waals surface area (Å²) >= 11 is 0. The summed E-state index contributed by atoms with van der Waals surface area (Å²) in [6.45, 7) is 0. The lowest BCUT2D eigenvalue weighted by molar-refractivity contribution is -0.163. The van der Waals surface area contributed by atoms with Crippen LogP contribution in [0.4, 0.5) is 0 Å². The van der Waals surface area contributed by atoms with Crippen LogP contribution in [0.5, 0.6) is 0 Å². The van der Waals surface area contributed by atoms with Crippen LogP contribution in [0.15, 0.2) is 84.9 Å². The lowest BCUT2D eigenvalue weighted by Crippen LogP contribution is -2.30. The second-order valence-corrected chi connectivity index (χ2v) is 7.02. The van der Waals surface area contributed by atoms with Crippen molar-refractivity contribution in [3.63, 3.8) is 0 Å². The van der Waals surface area contributed by atoms with Gasteiger partial charge in [0.2, 0.25) is 6.10 Å². The first-order chi connectivity index (χ1) is 14.1. The summed E-state index contributed by atoms with van der Waals surface area (Å²) < 4.78 is 5.34. The van der Waals surface area contributed by atoms with Gasteiger partial charge in [0.15, 0.2) is 0 Å². The minimum Gasteiger partial charge on any atom is -0.478 e. The summed E-state index contributed by atoms with van der Waals surface area (Å²) in [6.07, 6.45) is -1.07. The molecule has 0 aliphatic carbocycles. The van der Waals surface area contributed by atoms with Crippen molar-refractivity contribution in [3.05, 3.63) is 96.1 Å². The third-order valence-corrected chi connectivity index (χ3v) is 5.00. The molecule has 0 aromatic heterocycles. The van der Waals surface area contributed by atoms with Crippen molar-refractivity contribution in [2.45, 2.75) is 18.9 Å². The van der Waals surface area contributed by atoms with E-state index in [1.165, 1.54) is 0 Å². The van der Waals surface area contributed by atoms with Gasteiger partial charge in [-0.15, -0.1) is 0 Å². The highest BCUT2D eigenvalue weighted by Crippen LogP contribution is 2.20. The van der Waals surface area contributed by atoms with Gasteiger partial charge in [0.05, 0.1) is 6.42 Å². The van der Waals surface area contributed by atoms with E-state index in [1.54, 1.807) is 0 Å². The van der Waals surface area contributed by atoms with Gasteiger partial charge in [-0.3, -0.25) is 4.79 Å². The van der Waals surface area contributed by atoms with Crippen molar-refractivity contribution in [1.29, 1.82) is 0 Å². The highest BCUT2D eigenvalue weighted by Gasteiger charge is 2.23. The Morgan fingerprint density at radius 2 is 1.48 bits per heavy atom. The Morgan fingerprint density at radius 3 is 2.28 bits per heavy atom. The number of fused-ring (bicyclic) bond motifs is 2. The van der Waals surface area contributed by atoms with Gasteiger partial charge in [-0.25, -0.2) is 4.79 Å². The minimum atomic E-state index is -1.22. The number of carboxylic acids is 1. The fourth-order valence-corrected chi connectivity index (χ4v) is 3.56. The van der Waals surface area contributed by atoms with E-state index in [2.05, 4.69) is 0 Å². The Morgan fingerprint density at radius 1 is 0.793 bits per heavy atom. The van der Waals surface area contributed by atoms with Crippen molar-refractivity contribution in [3.8, 4) is 0 Å². The average Bonchev–Trinajstić information content (AvgIpc) is 2.73. The summed E-state index contributed by atoms with van der Waals surface area (Å²) in [7, 11) is 0. The van der Waals surface area contributed by atoms with Crippen molar-refractivity contribution in [2.75, 3.05) is 0 Å². The van der Waals surface area contributed by atoms with Crippen molar-refractivity contribution >= 4 is 33.5 Å². The van der Waals surface area contributed by atoms with Gasteiger partial charge in [0.25, 0.3) is 0 Å². The van der Waals surface area contributed by atoms with Crippen LogP contribution < -0.4 is 0 Å². The molecule has 0 unspecified atom stereocenters. The van der Waals surface area contributed by atoms with Crippen LogP contribution in [-0.2, 0) is 27.2 Å². The van der Waals surface area contributed by atoms with Crippen LogP contribution in [0.1, 0.15) is 11.1 Å². The van der Waals surface area contributed by atoms with Crippen LogP contribution in [-0.4, -0.2) is 23.1 Å². The molecule has 4 nitrogen and oxygen atoms in total. The number of rotatable bonds is 6. The number of carbonyl (C=O) groups is 2. The predicted molar refractivity (Wildman–Crippen MR) is 113 cm³/mol. The van der Waals surface area contributed by atoms with E-state index >= 15 is 0 Å². The Balaban J connectivity index is 1.50. The molecule has 29 heavy (non-hydrogen) atoms. The van der Waals surface area contributed by atoms with Crippen LogP contribution in [0.2, 0.25) is 0 Å². The van der Waals surface area contributed by atoms with Crippen LogP contribution in [0, 0.1) is 0 Å². The van der Waals surface area contributed by atoms with Crippen molar-refractivity contribution in [2.24, 2.45) is 0 Å². The van der Waals surface area contributed by atoms with E-state index in [1.807, 2.05) is 84.9 Å². The molecule has 0 bridgehead atoms. The van der Waals surface area contributed by atoms with Gasteiger partial charge in [0.1, 0.15) is 0 Å². The van der Waals surface area contributed by atoms with E-state index in [-0.39, 0.29) is 12.8 Å². The highest BCUT2D eigenvalue weighted by molar-refractivity contribution is 5.89. The fraction of sp³-hybridized carbons (Fsp3) is 0.120. The molecule has 4 aromatic rings. The zero-order valence-corrected chi connectivity index (χ0v) is 15.7. The van der Waals surface area contributed by atoms with E-state index in [0.717, 1.165) is 32.7 Å². The topological polar surface area (TPSA) is 63.6 Å². The molecule has 1 N–H and O–H groups in total. The number of aliphatic carboxylic acids is 1. The summed E-state index contributed by atoms with van der Waals surface area (Å²) in [5, 5.41) is 13.7. The molecule has 0 saturated carbocycles. The maximum Gasteiger partial charge on any atom is 0.345 e. The molecule has 4 aromatic carbocycles. The predicted octanol–water partition coefficient (Wildman–Crippen LogP) is 4.77. The summed E-state index contributed by atoms with van der Waals surface area (Å²) in [5.41, 5.74) is 1.64. The second kappa shape index (κ2) is 8.15. The van der Waals surface area contributed by atoms with Gasteiger partial charge >= 0.3 is 11.9 Å². The van der Waals surface area contributed by atoms with E-state index in [4.69, 9.17) is 4.74 Å².